The highest BCUT2D eigenvalue weighted by Gasteiger charge is 2.19. The first kappa shape index (κ1) is 20.3. The summed E-state index contributed by atoms with van der Waals surface area (Å²) < 4.78 is 0. The predicted octanol–water partition coefficient (Wildman–Crippen LogP) is 4.06. The van der Waals surface area contributed by atoms with E-state index in [1.807, 2.05) is 62.2 Å². The van der Waals surface area contributed by atoms with Crippen LogP contribution in [0.2, 0.25) is 0 Å². The fraction of sp³-hybridized carbons (Fsp3) is 0.300. The van der Waals surface area contributed by atoms with E-state index in [4.69, 9.17) is 5.73 Å². The maximum atomic E-state index is 9.25. The minimum atomic E-state index is 0.0284. The third-order valence-electron chi connectivity index (χ3n) is 4.20. The molecule has 0 radical (unpaired) electrons. The first-order valence-electron chi connectivity index (χ1n) is 8.69. The van der Waals surface area contributed by atoms with Crippen LogP contribution in [0.4, 0.5) is 0 Å². The minimum Gasteiger partial charge on any atom is -0.383 e. The highest BCUT2D eigenvalue weighted by Crippen LogP contribution is 2.29. The standard InChI is InChI=1S/C20H24N6S/c1-5-9-15(13-21)12-14(2)26(4)18(22)17(23-3)20-25-24-19(27-20)16-10-7-6-8-11-16/h6-11,14H,3,5,12,22H2,1-2,4H3/b15-9+,18-17-. The van der Waals surface area contributed by atoms with Gasteiger partial charge < -0.3 is 10.6 Å². The molecule has 1 aromatic carbocycles. The summed E-state index contributed by atoms with van der Waals surface area (Å²) in [5.74, 6) is 0.460. The van der Waals surface area contributed by atoms with E-state index in [0.717, 1.165) is 22.6 Å². The molecule has 0 bridgehead atoms. The molecule has 2 N–H and O–H groups in total. The number of aromatic nitrogens is 2. The van der Waals surface area contributed by atoms with Gasteiger partial charge in [-0.25, -0.2) is 0 Å². The van der Waals surface area contributed by atoms with Gasteiger partial charge in [-0.1, -0.05) is 54.7 Å². The van der Waals surface area contributed by atoms with Gasteiger partial charge in [0.05, 0.1) is 6.07 Å². The Morgan fingerprint density at radius 2 is 2.11 bits per heavy atom. The lowest BCUT2D eigenvalue weighted by molar-refractivity contribution is 0.320. The summed E-state index contributed by atoms with van der Waals surface area (Å²) >= 11 is 1.42. The molecule has 0 amide bonds. The van der Waals surface area contributed by atoms with Crippen molar-refractivity contribution in [1.82, 2.24) is 15.1 Å². The van der Waals surface area contributed by atoms with Crippen LogP contribution < -0.4 is 5.73 Å². The average Bonchev–Trinajstić information content (AvgIpc) is 3.17. The molecule has 0 aliphatic heterocycles. The van der Waals surface area contributed by atoms with Crippen molar-refractivity contribution in [1.29, 1.82) is 5.26 Å². The predicted molar refractivity (Wildman–Crippen MR) is 112 cm³/mol. The zero-order chi connectivity index (χ0) is 19.8. The molecule has 0 aliphatic carbocycles. The van der Waals surface area contributed by atoms with Crippen LogP contribution in [0, 0.1) is 11.3 Å². The maximum absolute atomic E-state index is 9.25. The monoisotopic (exact) mass is 380 g/mol. The first-order chi connectivity index (χ1) is 13.0. The Morgan fingerprint density at radius 3 is 2.70 bits per heavy atom. The van der Waals surface area contributed by atoms with Crippen molar-refractivity contribution in [3.63, 3.8) is 0 Å². The smallest absolute Gasteiger partial charge is 0.170 e. The van der Waals surface area contributed by atoms with Gasteiger partial charge in [0.25, 0.3) is 0 Å². The summed E-state index contributed by atoms with van der Waals surface area (Å²) in [5, 5.41) is 19.1. The van der Waals surface area contributed by atoms with E-state index < -0.39 is 0 Å². The van der Waals surface area contributed by atoms with Gasteiger partial charge in [-0.05, 0) is 20.1 Å². The normalized spacial score (nSPS) is 13.5. The lowest BCUT2D eigenvalue weighted by Crippen LogP contribution is -2.33. The molecule has 1 heterocycles. The summed E-state index contributed by atoms with van der Waals surface area (Å²) in [5.41, 5.74) is 8.60. The van der Waals surface area contributed by atoms with E-state index in [-0.39, 0.29) is 6.04 Å². The van der Waals surface area contributed by atoms with E-state index in [0.29, 0.717) is 22.9 Å². The molecule has 0 saturated carbocycles. The number of hydrogen-bond donors (Lipinski definition) is 1. The van der Waals surface area contributed by atoms with Gasteiger partial charge in [-0.2, -0.15) is 5.26 Å². The summed E-state index contributed by atoms with van der Waals surface area (Å²) in [7, 11) is 1.88. The fourth-order valence-electron chi connectivity index (χ4n) is 2.56. The van der Waals surface area contributed by atoms with E-state index in [1.54, 1.807) is 0 Å². The molecule has 7 heteroatoms. The van der Waals surface area contributed by atoms with Gasteiger partial charge in [-0.3, -0.25) is 4.99 Å². The van der Waals surface area contributed by atoms with Crippen LogP contribution in [0.5, 0.6) is 0 Å². The second kappa shape index (κ2) is 9.64. The van der Waals surface area contributed by atoms with E-state index in [1.165, 1.54) is 11.3 Å². The molecule has 2 rings (SSSR count). The molecule has 0 aliphatic rings. The molecular formula is C20H24N6S. The Kier molecular flexibility index (Phi) is 7.26. The Bertz CT molecular complexity index is 875. The van der Waals surface area contributed by atoms with Crippen molar-refractivity contribution < 1.29 is 0 Å². The summed E-state index contributed by atoms with van der Waals surface area (Å²) in [6.45, 7) is 7.68. The molecular weight excluding hydrogens is 356 g/mol. The number of nitrogens with two attached hydrogens (primary N) is 1. The molecule has 1 atom stereocenters. The molecule has 1 aromatic heterocycles. The Hall–Kier alpha value is -2.98. The molecule has 27 heavy (non-hydrogen) atoms. The zero-order valence-corrected chi connectivity index (χ0v) is 16.7. The number of nitrogens with zero attached hydrogens (tertiary/aromatic N) is 5. The van der Waals surface area contributed by atoms with Crippen molar-refractivity contribution >= 4 is 23.8 Å². The van der Waals surface area contributed by atoms with Crippen LogP contribution >= 0.6 is 11.3 Å². The van der Waals surface area contributed by atoms with E-state index in [9.17, 15) is 5.26 Å². The van der Waals surface area contributed by atoms with Crippen molar-refractivity contribution in [3.05, 3.63) is 52.8 Å². The minimum absolute atomic E-state index is 0.0284. The topological polar surface area (TPSA) is 91.2 Å². The third kappa shape index (κ3) is 5.02. The van der Waals surface area contributed by atoms with E-state index in [2.05, 4.69) is 28.0 Å². The third-order valence-corrected chi connectivity index (χ3v) is 5.18. The molecule has 140 valence electrons. The summed E-state index contributed by atoms with van der Waals surface area (Å²) in [4.78, 5) is 5.99. The Morgan fingerprint density at radius 1 is 1.41 bits per heavy atom. The van der Waals surface area contributed by atoms with Gasteiger partial charge in [-0.15, -0.1) is 10.2 Å². The first-order valence-corrected chi connectivity index (χ1v) is 9.51. The molecule has 0 fully saturated rings. The Balaban J connectivity index is 2.27. The van der Waals surface area contributed by atoms with Gasteiger partial charge >= 0.3 is 0 Å². The lowest BCUT2D eigenvalue weighted by Gasteiger charge is -2.27. The van der Waals surface area contributed by atoms with Crippen LogP contribution in [0.1, 0.15) is 31.7 Å². The second-order valence-electron chi connectivity index (χ2n) is 6.08. The fourth-order valence-corrected chi connectivity index (χ4v) is 3.42. The largest absolute Gasteiger partial charge is 0.383 e. The zero-order valence-electron chi connectivity index (χ0n) is 15.9. The number of aliphatic imine (C=N–C) groups is 1. The number of allylic oxidation sites excluding steroid dienone is 1. The maximum Gasteiger partial charge on any atom is 0.170 e. The highest BCUT2D eigenvalue weighted by atomic mass is 32.1. The van der Waals surface area contributed by atoms with Crippen LogP contribution in [0.15, 0.2) is 52.8 Å². The SMILES string of the molecule is C=N/C(=C(/N)N(C)C(C)C/C(C#N)=C\CC)c1nnc(-c2ccccc2)s1. The van der Waals surface area contributed by atoms with Crippen molar-refractivity contribution in [2.75, 3.05) is 7.05 Å². The van der Waals surface area contributed by atoms with Crippen LogP contribution in [0.25, 0.3) is 16.3 Å². The quantitative estimate of drug-likeness (QED) is 0.551. The van der Waals surface area contributed by atoms with Crippen LogP contribution in [-0.4, -0.2) is 34.9 Å². The molecule has 0 saturated heterocycles. The Labute approximate surface area is 164 Å². The van der Waals surface area contributed by atoms with Crippen LogP contribution in [0.3, 0.4) is 0 Å². The number of rotatable bonds is 8. The van der Waals surface area contributed by atoms with Gasteiger partial charge in [0.1, 0.15) is 16.5 Å². The highest BCUT2D eigenvalue weighted by molar-refractivity contribution is 7.15. The number of nitriles is 1. The second-order valence-corrected chi connectivity index (χ2v) is 7.06. The molecule has 2 aromatic rings. The molecule has 6 nitrogen and oxygen atoms in total. The van der Waals surface area contributed by atoms with E-state index >= 15 is 0 Å². The van der Waals surface area contributed by atoms with Crippen molar-refractivity contribution in [2.45, 2.75) is 32.7 Å². The lowest BCUT2D eigenvalue weighted by atomic mass is 10.1. The van der Waals surface area contributed by atoms with Crippen molar-refractivity contribution in [3.8, 4) is 16.6 Å². The molecule has 1 unspecified atom stereocenters. The number of hydrogen-bond acceptors (Lipinski definition) is 7. The van der Waals surface area contributed by atoms with Crippen molar-refractivity contribution in [2.24, 2.45) is 10.7 Å². The van der Waals surface area contributed by atoms with Gasteiger partial charge in [0, 0.05) is 30.6 Å². The number of benzene rings is 1. The van der Waals surface area contributed by atoms with Gasteiger partial charge in [0.2, 0.25) is 0 Å². The summed E-state index contributed by atoms with van der Waals surface area (Å²) in [6, 6.07) is 12.1. The van der Waals surface area contributed by atoms with Crippen LogP contribution in [-0.2, 0) is 0 Å². The average molecular weight is 381 g/mol. The molecule has 0 spiro atoms. The van der Waals surface area contributed by atoms with Gasteiger partial charge in [0.15, 0.2) is 5.01 Å². The summed E-state index contributed by atoms with van der Waals surface area (Å²) in [6.07, 6.45) is 3.38.